The summed E-state index contributed by atoms with van der Waals surface area (Å²) in [5.74, 6) is 1.76. The van der Waals surface area contributed by atoms with Gasteiger partial charge in [-0.2, -0.15) is 11.8 Å². The molecule has 4 heteroatoms. The van der Waals surface area contributed by atoms with Crippen molar-refractivity contribution >= 4 is 17.7 Å². The maximum absolute atomic E-state index is 11.6. The van der Waals surface area contributed by atoms with Crippen molar-refractivity contribution in [2.45, 2.75) is 58.4 Å². The lowest BCUT2D eigenvalue weighted by atomic mass is 10.0. The fourth-order valence-electron chi connectivity index (χ4n) is 1.75. The molecule has 0 radical (unpaired) electrons. The zero-order valence-electron chi connectivity index (χ0n) is 12.2. The van der Waals surface area contributed by atoms with E-state index >= 15 is 0 Å². The van der Waals surface area contributed by atoms with Gasteiger partial charge in [0.25, 0.3) is 0 Å². The van der Waals surface area contributed by atoms with Gasteiger partial charge in [0.1, 0.15) is 0 Å². The maximum Gasteiger partial charge on any atom is 0.236 e. The topological polar surface area (TPSA) is 55.1 Å². The van der Waals surface area contributed by atoms with Crippen LogP contribution in [-0.4, -0.2) is 30.5 Å². The van der Waals surface area contributed by atoms with Crippen LogP contribution in [0.3, 0.4) is 0 Å². The Morgan fingerprint density at radius 1 is 1.17 bits per heavy atom. The Hall–Kier alpha value is -0.220. The average Bonchev–Trinajstić information content (AvgIpc) is 2.34. The molecule has 0 aromatic rings. The highest BCUT2D eigenvalue weighted by Gasteiger charge is 2.11. The number of nitrogens with two attached hydrogens (primary N) is 1. The van der Waals surface area contributed by atoms with Gasteiger partial charge in [0, 0.05) is 6.54 Å². The number of carbonyl (C=O) groups is 1. The highest BCUT2D eigenvalue weighted by atomic mass is 32.2. The number of hydrogen-bond acceptors (Lipinski definition) is 3. The standard InChI is InChI=1S/C14H30N2OS/c1-12(2)8-6-4-5-7-10-16-14(17)13(15)9-11-18-3/h12-13H,4-11,15H2,1-3H3,(H,16,17)/t13-/m0/s1. The second-order valence-electron chi connectivity index (χ2n) is 5.28. The Kier molecular flexibility index (Phi) is 11.7. The third kappa shape index (κ3) is 10.9. The van der Waals surface area contributed by atoms with Crippen molar-refractivity contribution in [1.82, 2.24) is 5.32 Å². The average molecular weight is 274 g/mol. The molecule has 0 bridgehead atoms. The molecule has 0 spiro atoms. The highest BCUT2D eigenvalue weighted by Crippen LogP contribution is 2.09. The van der Waals surface area contributed by atoms with Crippen LogP contribution in [0.1, 0.15) is 52.4 Å². The second kappa shape index (κ2) is 11.8. The number of hydrogen-bond donors (Lipinski definition) is 2. The van der Waals surface area contributed by atoms with Crippen LogP contribution < -0.4 is 11.1 Å². The normalized spacial score (nSPS) is 12.7. The molecule has 1 atom stereocenters. The lowest BCUT2D eigenvalue weighted by molar-refractivity contribution is -0.122. The lowest BCUT2D eigenvalue weighted by Crippen LogP contribution is -2.41. The Morgan fingerprint density at radius 3 is 2.44 bits per heavy atom. The predicted molar refractivity (Wildman–Crippen MR) is 81.9 cm³/mol. The summed E-state index contributed by atoms with van der Waals surface area (Å²) in [6, 6.07) is -0.335. The molecule has 0 aromatic heterocycles. The fraction of sp³-hybridized carbons (Fsp3) is 0.929. The molecule has 0 heterocycles. The van der Waals surface area contributed by atoms with Gasteiger partial charge in [-0.05, 0) is 30.8 Å². The summed E-state index contributed by atoms with van der Waals surface area (Å²) in [6.45, 7) is 5.29. The Labute approximate surface area is 117 Å². The minimum atomic E-state index is -0.335. The minimum absolute atomic E-state index is 0.00577. The second-order valence-corrected chi connectivity index (χ2v) is 6.26. The molecule has 0 rings (SSSR count). The summed E-state index contributed by atoms with van der Waals surface area (Å²) in [6.07, 6.45) is 8.95. The highest BCUT2D eigenvalue weighted by molar-refractivity contribution is 7.98. The van der Waals surface area contributed by atoms with Crippen molar-refractivity contribution in [2.75, 3.05) is 18.6 Å². The van der Waals surface area contributed by atoms with Crippen LogP contribution in [0.25, 0.3) is 0 Å². The Morgan fingerprint density at radius 2 is 1.83 bits per heavy atom. The molecule has 0 aliphatic carbocycles. The Bertz CT molecular complexity index is 210. The molecule has 0 saturated carbocycles. The number of unbranched alkanes of at least 4 members (excludes halogenated alkanes) is 3. The van der Waals surface area contributed by atoms with E-state index in [0.717, 1.165) is 31.1 Å². The van der Waals surface area contributed by atoms with Gasteiger partial charge in [0.15, 0.2) is 0 Å². The summed E-state index contributed by atoms with van der Waals surface area (Å²) in [4.78, 5) is 11.6. The van der Waals surface area contributed by atoms with Crippen LogP contribution in [0.5, 0.6) is 0 Å². The van der Waals surface area contributed by atoms with E-state index in [0.29, 0.717) is 0 Å². The van der Waals surface area contributed by atoms with E-state index < -0.39 is 0 Å². The first kappa shape index (κ1) is 17.8. The van der Waals surface area contributed by atoms with Crippen LogP contribution in [0.4, 0.5) is 0 Å². The van der Waals surface area contributed by atoms with Crippen molar-refractivity contribution in [3.63, 3.8) is 0 Å². The molecule has 3 nitrogen and oxygen atoms in total. The number of rotatable bonds is 11. The van der Waals surface area contributed by atoms with E-state index in [1.165, 1.54) is 25.7 Å². The summed E-state index contributed by atoms with van der Waals surface area (Å²) >= 11 is 1.73. The van der Waals surface area contributed by atoms with Crippen LogP contribution in [0.2, 0.25) is 0 Å². The van der Waals surface area contributed by atoms with Gasteiger partial charge >= 0.3 is 0 Å². The SMILES string of the molecule is CSCC[C@H](N)C(=O)NCCCCCCC(C)C. The van der Waals surface area contributed by atoms with Gasteiger partial charge in [0.05, 0.1) is 6.04 Å². The molecule has 1 amide bonds. The molecule has 0 aliphatic heterocycles. The number of thioether (sulfide) groups is 1. The quantitative estimate of drug-likeness (QED) is 0.570. The van der Waals surface area contributed by atoms with Gasteiger partial charge < -0.3 is 11.1 Å². The first-order valence-electron chi connectivity index (χ1n) is 7.10. The monoisotopic (exact) mass is 274 g/mol. The molecule has 0 fully saturated rings. The van der Waals surface area contributed by atoms with Crippen molar-refractivity contribution < 1.29 is 4.79 Å². The summed E-state index contributed by atoms with van der Waals surface area (Å²) < 4.78 is 0. The van der Waals surface area contributed by atoms with Gasteiger partial charge in [-0.1, -0.05) is 39.5 Å². The zero-order valence-corrected chi connectivity index (χ0v) is 13.0. The maximum atomic E-state index is 11.6. The number of carbonyl (C=O) groups excluding carboxylic acids is 1. The van der Waals surface area contributed by atoms with Gasteiger partial charge in [-0.3, -0.25) is 4.79 Å². The van der Waals surface area contributed by atoms with E-state index in [-0.39, 0.29) is 11.9 Å². The molecule has 0 aliphatic rings. The van der Waals surface area contributed by atoms with Crippen molar-refractivity contribution in [2.24, 2.45) is 11.7 Å². The molecule has 0 saturated heterocycles. The van der Waals surface area contributed by atoms with Gasteiger partial charge in [-0.25, -0.2) is 0 Å². The van der Waals surface area contributed by atoms with Crippen LogP contribution in [-0.2, 0) is 4.79 Å². The predicted octanol–water partition coefficient (Wildman–Crippen LogP) is 2.79. The molecule has 0 unspecified atom stereocenters. The van der Waals surface area contributed by atoms with E-state index in [9.17, 15) is 4.79 Å². The third-order valence-electron chi connectivity index (χ3n) is 2.98. The molecular formula is C14H30N2OS. The number of amides is 1. The Balaban J connectivity index is 3.34. The molecule has 3 N–H and O–H groups in total. The molecule has 0 aromatic carbocycles. The van der Waals surface area contributed by atoms with E-state index in [2.05, 4.69) is 19.2 Å². The summed E-state index contributed by atoms with van der Waals surface area (Å²) in [5.41, 5.74) is 5.77. The minimum Gasteiger partial charge on any atom is -0.355 e. The van der Waals surface area contributed by atoms with Crippen LogP contribution in [0.15, 0.2) is 0 Å². The largest absolute Gasteiger partial charge is 0.355 e. The van der Waals surface area contributed by atoms with E-state index in [1.54, 1.807) is 11.8 Å². The third-order valence-corrected chi connectivity index (χ3v) is 3.62. The van der Waals surface area contributed by atoms with E-state index in [1.807, 2.05) is 6.26 Å². The van der Waals surface area contributed by atoms with Crippen LogP contribution >= 0.6 is 11.8 Å². The molecule has 18 heavy (non-hydrogen) atoms. The first-order chi connectivity index (χ1) is 8.57. The molecule has 108 valence electrons. The zero-order chi connectivity index (χ0) is 13.8. The van der Waals surface area contributed by atoms with Gasteiger partial charge in [0.2, 0.25) is 5.91 Å². The first-order valence-corrected chi connectivity index (χ1v) is 8.49. The number of nitrogens with one attached hydrogen (secondary N) is 1. The van der Waals surface area contributed by atoms with Crippen LogP contribution in [0, 0.1) is 5.92 Å². The molecular weight excluding hydrogens is 244 g/mol. The summed E-state index contributed by atoms with van der Waals surface area (Å²) in [7, 11) is 0. The van der Waals surface area contributed by atoms with Crippen molar-refractivity contribution in [3.05, 3.63) is 0 Å². The van der Waals surface area contributed by atoms with E-state index in [4.69, 9.17) is 5.73 Å². The fourth-order valence-corrected chi connectivity index (χ4v) is 2.24. The van der Waals surface area contributed by atoms with Crippen molar-refractivity contribution in [3.8, 4) is 0 Å². The van der Waals surface area contributed by atoms with Gasteiger partial charge in [-0.15, -0.1) is 0 Å². The van der Waals surface area contributed by atoms with Crippen molar-refractivity contribution in [1.29, 1.82) is 0 Å². The lowest BCUT2D eigenvalue weighted by Gasteiger charge is -2.11. The summed E-state index contributed by atoms with van der Waals surface area (Å²) in [5, 5.41) is 2.92. The smallest absolute Gasteiger partial charge is 0.236 e.